The van der Waals surface area contributed by atoms with Gasteiger partial charge in [-0.3, -0.25) is 8.93 Å². The van der Waals surface area contributed by atoms with Gasteiger partial charge in [-0.2, -0.15) is 0 Å². The predicted molar refractivity (Wildman–Crippen MR) is 123 cm³/mol. The van der Waals surface area contributed by atoms with E-state index in [0.717, 1.165) is 56.8 Å². The minimum absolute atomic E-state index is 0.197. The molecule has 0 bridgehead atoms. The Kier molecular flexibility index (Phi) is 5.66. The van der Waals surface area contributed by atoms with E-state index >= 15 is 0 Å². The molecule has 0 radical (unpaired) electrons. The van der Waals surface area contributed by atoms with Gasteiger partial charge in [-0.1, -0.05) is 17.7 Å². The van der Waals surface area contributed by atoms with Crippen molar-refractivity contribution in [2.24, 2.45) is 0 Å². The van der Waals surface area contributed by atoms with Crippen LogP contribution < -0.4 is 15.4 Å². The normalized spacial score (nSPS) is 20.3. The van der Waals surface area contributed by atoms with Crippen molar-refractivity contribution >= 4 is 50.0 Å². The summed E-state index contributed by atoms with van der Waals surface area (Å²) in [6, 6.07) is 2.36. The van der Waals surface area contributed by atoms with Crippen molar-refractivity contribution in [3.63, 3.8) is 0 Å². The number of benzene rings is 1. The third kappa shape index (κ3) is 3.79. The molecule has 1 fully saturated rings. The van der Waals surface area contributed by atoms with Crippen LogP contribution in [0.3, 0.4) is 0 Å². The van der Waals surface area contributed by atoms with Crippen LogP contribution >= 0.6 is 23.9 Å². The van der Waals surface area contributed by atoms with Crippen LogP contribution in [0.5, 0.6) is 0 Å². The first-order valence-corrected chi connectivity index (χ1v) is 13.0. The largest absolute Gasteiger partial charge is 0.478 e. The standard InChI is InChI=1S/C19H26N4O2S3/c20-11-16(18-21-8-3-9-25-18)28(24,27)23-19(26)22-17-14-6-1-4-12(14)10-13-5-2-7-15(13)17/h10-11,20-21,28H,1-9H2,(H3,22,23,24,26,27)/b18-16-,20-11?. The van der Waals surface area contributed by atoms with Crippen molar-refractivity contribution in [3.05, 3.63) is 39.1 Å². The van der Waals surface area contributed by atoms with Crippen molar-refractivity contribution in [2.45, 2.75) is 44.9 Å². The van der Waals surface area contributed by atoms with Gasteiger partial charge in [-0.25, -0.2) is 0 Å². The minimum Gasteiger partial charge on any atom is -0.478 e. The number of nitrogens with one attached hydrogen (secondary N) is 4. The zero-order chi connectivity index (χ0) is 19.7. The fraction of sp³-hybridized carbons (Fsp3) is 0.474. The van der Waals surface area contributed by atoms with E-state index in [1.807, 2.05) is 0 Å². The number of hydrogen-bond acceptors (Lipinski definition) is 5. The summed E-state index contributed by atoms with van der Waals surface area (Å²) in [6.45, 7) is 1.24. The van der Waals surface area contributed by atoms with Gasteiger partial charge < -0.3 is 20.8 Å². The van der Waals surface area contributed by atoms with Gasteiger partial charge in [0.2, 0.25) is 5.88 Å². The maximum Gasteiger partial charge on any atom is 0.205 e. The quantitative estimate of drug-likeness (QED) is 0.188. The first-order chi connectivity index (χ1) is 13.5. The number of thiocarbonyl (C=S) groups is 1. The van der Waals surface area contributed by atoms with Crippen molar-refractivity contribution in [3.8, 4) is 0 Å². The predicted octanol–water partition coefficient (Wildman–Crippen LogP) is 2.56. The van der Waals surface area contributed by atoms with Crippen molar-refractivity contribution in [1.29, 1.82) is 5.41 Å². The number of thiol groups is 2. The Morgan fingerprint density at radius 2 is 1.89 bits per heavy atom. The molecule has 3 aliphatic rings. The summed E-state index contributed by atoms with van der Waals surface area (Å²) in [6.07, 6.45) is 8.50. The smallest absolute Gasteiger partial charge is 0.205 e. The highest BCUT2D eigenvalue weighted by atomic mass is 33.1. The molecule has 0 amide bonds. The lowest BCUT2D eigenvalue weighted by atomic mass is 9.99. The Bertz CT molecular complexity index is 873. The van der Waals surface area contributed by atoms with E-state index in [4.69, 9.17) is 22.4 Å². The van der Waals surface area contributed by atoms with E-state index < -0.39 is 9.15 Å². The zero-order valence-electron chi connectivity index (χ0n) is 15.6. The van der Waals surface area contributed by atoms with Crippen molar-refractivity contribution in [1.82, 2.24) is 10.0 Å². The van der Waals surface area contributed by atoms with Crippen LogP contribution in [0.2, 0.25) is 0 Å². The first kappa shape index (κ1) is 19.7. The molecule has 0 spiro atoms. The summed E-state index contributed by atoms with van der Waals surface area (Å²) in [5.41, 5.74) is 6.57. The molecule has 9 heteroatoms. The highest BCUT2D eigenvalue weighted by Gasteiger charge is 2.26. The molecule has 1 aromatic carbocycles. The monoisotopic (exact) mass is 438 g/mol. The fourth-order valence-electron chi connectivity index (χ4n) is 4.26. The van der Waals surface area contributed by atoms with E-state index in [2.05, 4.69) is 33.1 Å². The number of allylic oxidation sites excluding steroid dienone is 1. The molecule has 1 saturated heterocycles. The van der Waals surface area contributed by atoms with Crippen LogP contribution in [0.25, 0.3) is 0 Å². The summed E-state index contributed by atoms with van der Waals surface area (Å²) in [5.74, 6) is 0.344. The molecule has 0 unspecified atom stereocenters. The molecule has 4 N–H and O–H groups in total. The molecule has 0 atom stereocenters. The van der Waals surface area contributed by atoms with E-state index in [-0.39, 0.29) is 10.0 Å². The highest BCUT2D eigenvalue weighted by molar-refractivity contribution is 8.70. The molecule has 152 valence electrons. The second-order valence-electron chi connectivity index (χ2n) is 7.36. The Morgan fingerprint density at radius 3 is 2.46 bits per heavy atom. The zero-order valence-corrected chi connectivity index (χ0v) is 18.2. The molecule has 28 heavy (non-hydrogen) atoms. The maximum atomic E-state index is 13.2. The van der Waals surface area contributed by atoms with Gasteiger partial charge in [0.25, 0.3) is 0 Å². The van der Waals surface area contributed by atoms with Crippen LogP contribution in [-0.4, -0.2) is 28.7 Å². The molecule has 1 heterocycles. The van der Waals surface area contributed by atoms with Gasteiger partial charge >= 0.3 is 0 Å². The van der Waals surface area contributed by atoms with Crippen LogP contribution in [0.15, 0.2) is 16.9 Å². The van der Waals surface area contributed by atoms with E-state index in [9.17, 15) is 4.21 Å². The summed E-state index contributed by atoms with van der Waals surface area (Å²) in [5, 5.41) is 14.3. The van der Waals surface area contributed by atoms with Gasteiger partial charge in [-0.05, 0) is 79.4 Å². The summed E-state index contributed by atoms with van der Waals surface area (Å²) in [7, 11) is -3.41. The topological polar surface area (TPSA) is 86.2 Å². The number of fused-ring (bicyclic) bond motifs is 2. The molecule has 1 aliphatic heterocycles. The van der Waals surface area contributed by atoms with Gasteiger partial charge in [0.1, 0.15) is 4.91 Å². The third-order valence-electron chi connectivity index (χ3n) is 5.51. The number of rotatable bonds is 4. The first-order valence-electron chi connectivity index (χ1n) is 9.70. The average Bonchev–Trinajstić information content (AvgIpc) is 3.31. The van der Waals surface area contributed by atoms with Gasteiger partial charge in [0.15, 0.2) is 5.11 Å². The third-order valence-corrected chi connectivity index (χ3v) is 8.33. The Labute approximate surface area is 176 Å². The minimum atomic E-state index is -3.41. The molecule has 2 aliphatic carbocycles. The van der Waals surface area contributed by atoms with E-state index in [1.54, 1.807) is 0 Å². The molecular formula is C19H26N4O2S3. The second kappa shape index (κ2) is 8.04. The van der Waals surface area contributed by atoms with Gasteiger partial charge in [0, 0.05) is 27.6 Å². The van der Waals surface area contributed by atoms with Crippen LogP contribution in [0.4, 0.5) is 5.69 Å². The molecule has 0 saturated carbocycles. The highest BCUT2D eigenvalue weighted by Crippen LogP contribution is 2.38. The Morgan fingerprint density at radius 1 is 1.21 bits per heavy atom. The SMILES string of the molecule is N=C/C(=C1\NCCCO1)[SH](=O)(S)NC(=S)Nc1c2c(cc3c1CCC3)CCC2. The number of hydrogen-bond donors (Lipinski definition) is 6. The summed E-state index contributed by atoms with van der Waals surface area (Å²) >= 11 is 9.82. The van der Waals surface area contributed by atoms with Crippen LogP contribution in [0, 0.1) is 5.41 Å². The maximum absolute atomic E-state index is 13.2. The molecule has 0 aromatic heterocycles. The summed E-state index contributed by atoms with van der Waals surface area (Å²) in [4.78, 5) is 0.197. The molecule has 1 aromatic rings. The summed E-state index contributed by atoms with van der Waals surface area (Å²) < 4.78 is 21.6. The average molecular weight is 439 g/mol. The van der Waals surface area contributed by atoms with E-state index in [0.29, 0.717) is 19.0 Å². The molecular weight excluding hydrogens is 412 g/mol. The lowest BCUT2D eigenvalue weighted by molar-refractivity contribution is 0.157. The molecule has 6 nitrogen and oxygen atoms in total. The van der Waals surface area contributed by atoms with Gasteiger partial charge in [-0.15, -0.1) is 0 Å². The van der Waals surface area contributed by atoms with Crippen LogP contribution in [-0.2, 0) is 39.6 Å². The number of anilines is 1. The lowest BCUT2D eigenvalue weighted by Gasteiger charge is -2.27. The van der Waals surface area contributed by atoms with Gasteiger partial charge in [0.05, 0.1) is 6.61 Å². The second-order valence-corrected chi connectivity index (χ2v) is 11.3. The Balaban J connectivity index is 1.57. The van der Waals surface area contributed by atoms with Crippen LogP contribution in [0.1, 0.15) is 41.5 Å². The molecule has 4 rings (SSSR count). The van der Waals surface area contributed by atoms with E-state index in [1.165, 1.54) is 22.3 Å². The Hall–Kier alpha value is -1.58. The fourth-order valence-corrected chi connectivity index (χ4v) is 6.74. The number of ether oxygens (including phenoxy) is 1. The lowest BCUT2D eigenvalue weighted by Crippen LogP contribution is -2.39. The van der Waals surface area contributed by atoms with Crippen molar-refractivity contribution < 1.29 is 8.95 Å². The number of aryl methyl sites for hydroxylation is 2. The van der Waals surface area contributed by atoms with Crippen molar-refractivity contribution in [2.75, 3.05) is 18.5 Å².